The zero-order valence-electron chi connectivity index (χ0n) is 12.6. The van der Waals surface area contributed by atoms with Crippen LogP contribution >= 0.6 is 0 Å². The van der Waals surface area contributed by atoms with Crippen LogP contribution in [0.25, 0.3) is 0 Å². The molecule has 0 amide bonds. The first-order valence-corrected chi connectivity index (χ1v) is 7.25. The molecule has 0 saturated carbocycles. The molecule has 2 rings (SSSR count). The number of rotatable bonds is 8. The van der Waals surface area contributed by atoms with Gasteiger partial charge in [0.05, 0.1) is 6.61 Å². The van der Waals surface area contributed by atoms with E-state index in [1.165, 1.54) is 0 Å². The van der Waals surface area contributed by atoms with Crippen molar-refractivity contribution < 1.29 is 9.47 Å². The van der Waals surface area contributed by atoms with E-state index in [4.69, 9.17) is 15.2 Å². The molecule has 114 valence electrons. The lowest BCUT2D eigenvalue weighted by atomic mass is 10.3. The first-order valence-electron chi connectivity index (χ1n) is 7.25. The van der Waals surface area contributed by atoms with Gasteiger partial charge in [0.15, 0.2) is 0 Å². The van der Waals surface area contributed by atoms with Crippen molar-refractivity contribution in [1.29, 1.82) is 0 Å². The molecule has 2 aromatic rings. The second kappa shape index (κ2) is 7.64. The highest BCUT2D eigenvalue weighted by Crippen LogP contribution is 2.19. The van der Waals surface area contributed by atoms with E-state index in [9.17, 15) is 0 Å². The molecule has 0 fully saturated rings. The van der Waals surface area contributed by atoms with Crippen molar-refractivity contribution in [3.63, 3.8) is 0 Å². The van der Waals surface area contributed by atoms with E-state index in [-0.39, 0.29) is 0 Å². The lowest BCUT2D eigenvalue weighted by molar-refractivity contribution is 0.288. The van der Waals surface area contributed by atoms with Gasteiger partial charge in [-0.15, -0.1) is 5.10 Å². The summed E-state index contributed by atoms with van der Waals surface area (Å²) in [5.74, 6) is 1.62. The molecular formula is C15H22N4O2. The number of hydrogen-bond donors (Lipinski definition) is 1. The molecule has 0 saturated heterocycles. The van der Waals surface area contributed by atoms with Crippen LogP contribution in [0, 0.1) is 0 Å². The summed E-state index contributed by atoms with van der Waals surface area (Å²) in [7, 11) is 0. The fourth-order valence-corrected chi connectivity index (χ4v) is 2.03. The van der Waals surface area contributed by atoms with Crippen LogP contribution < -0.4 is 15.2 Å². The van der Waals surface area contributed by atoms with Gasteiger partial charge in [0.2, 0.25) is 0 Å². The van der Waals surface area contributed by atoms with Crippen molar-refractivity contribution in [3.8, 4) is 11.5 Å². The summed E-state index contributed by atoms with van der Waals surface area (Å²) >= 11 is 0. The van der Waals surface area contributed by atoms with Gasteiger partial charge in [0.25, 0.3) is 0 Å². The Balaban J connectivity index is 2.03. The highest BCUT2D eigenvalue weighted by molar-refractivity contribution is 5.31. The topological polar surface area (TPSA) is 75.2 Å². The number of aromatic nitrogens is 3. The number of nitrogens with two attached hydrogens (primary N) is 1. The van der Waals surface area contributed by atoms with E-state index in [1.54, 1.807) is 0 Å². The highest BCUT2D eigenvalue weighted by Gasteiger charge is 2.11. The third-order valence-corrected chi connectivity index (χ3v) is 3.06. The molecule has 1 aromatic heterocycles. The van der Waals surface area contributed by atoms with Crippen molar-refractivity contribution in [1.82, 2.24) is 15.0 Å². The molecule has 0 aliphatic carbocycles. The Morgan fingerprint density at radius 1 is 1.10 bits per heavy atom. The first-order chi connectivity index (χ1) is 10.3. The Bertz CT molecular complexity index is 551. The van der Waals surface area contributed by atoms with Gasteiger partial charge in [-0.05, 0) is 37.6 Å². The lowest BCUT2D eigenvalue weighted by Crippen LogP contribution is -2.10. The third kappa shape index (κ3) is 3.95. The Morgan fingerprint density at radius 2 is 1.76 bits per heavy atom. The Morgan fingerprint density at radius 3 is 2.33 bits per heavy atom. The molecule has 6 nitrogen and oxygen atoms in total. The van der Waals surface area contributed by atoms with Gasteiger partial charge in [-0.1, -0.05) is 12.1 Å². The summed E-state index contributed by atoms with van der Waals surface area (Å²) in [4.78, 5) is 0. The van der Waals surface area contributed by atoms with Crippen LogP contribution in [-0.2, 0) is 19.7 Å². The van der Waals surface area contributed by atoms with Crippen molar-refractivity contribution in [2.75, 3.05) is 6.61 Å². The quantitative estimate of drug-likeness (QED) is 0.806. The van der Waals surface area contributed by atoms with Crippen LogP contribution in [-0.4, -0.2) is 21.6 Å². The van der Waals surface area contributed by atoms with E-state index in [0.717, 1.165) is 35.9 Å². The van der Waals surface area contributed by atoms with E-state index in [2.05, 4.69) is 17.2 Å². The predicted molar refractivity (Wildman–Crippen MR) is 80.1 cm³/mol. The Kier molecular flexibility index (Phi) is 5.57. The number of aryl methyl sites for hydroxylation is 1. The zero-order valence-corrected chi connectivity index (χ0v) is 12.6. The van der Waals surface area contributed by atoms with Crippen LogP contribution in [0.3, 0.4) is 0 Å². The smallest absolute Gasteiger partial charge is 0.132 e. The summed E-state index contributed by atoms with van der Waals surface area (Å²) in [6.07, 6.45) is 0.990. The van der Waals surface area contributed by atoms with Crippen LogP contribution in [0.4, 0.5) is 0 Å². The Labute approximate surface area is 124 Å². The van der Waals surface area contributed by atoms with Gasteiger partial charge in [0, 0.05) is 13.1 Å². The molecule has 21 heavy (non-hydrogen) atoms. The van der Waals surface area contributed by atoms with E-state index in [1.807, 2.05) is 35.9 Å². The average molecular weight is 290 g/mol. The maximum atomic E-state index is 5.80. The monoisotopic (exact) mass is 290 g/mol. The summed E-state index contributed by atoms with van der Waals surface area (Å²) in [5, 5.41) is 8.21. The molecule has 0 aliphatic heterocycles. The third-order valence-electron chi connectivity index (χ3n) is 3.06. The number of hydrogen-bond acceptors (Lipinski definition) is 5. The fourth-order valence-electron chi connectivity index (χ4n) is 2.03. The maximum absolute atomic E-state index is 5.80. The van der Waals surface area contributed by atoms with Gasteiger partial charge in [-0.25, -0.2) is 4.68 Å². The standard InChI is InChI=1S/C15H22N4O2/c1-3-9-19-15(14(10-16)17-18-19)11-21-13-7-5-12(6-8-13)20-4-2/h5-8H,3-4,9-11,16H2,1-2H3. The predicted octanol–water partition coefficient (Wildman–Crippen LogP) is 2.12. The molecule has 0 spiro atoms. The molecule has 6 heteroatoms. The molecule has 0 bridgehead atoms. The molecule has 0 atom stereocenters. The van der Waals surface area contributed by atoms with E-state index in [0.29, 0.717) is 19.8 Å². The first kappa shape index (κ1) is 15.3. The molecule has 1 heterocycles. The van der Waals surface area contributed by atoms with E-state index >= 15 is 0 Å². The number of benzene rings is 1. The molecule has 0 unspecified atom stereocenters. The molecule has 1 aromatic carbocycles. The van der Waals surface area contributed by atoms with Crippen LogP contribution in [0.15, 0.2) is 24.3 Å². The average Bonchev–Trinajstić information content (AvgIpc) is 2.89. The normalized spacial score (nSPS) is 10.6. The Hall–Kier alpha value is -2.08. The largest absolute Gasteiger partial charge is 0.494 e. The second-order valence-electron chi connectivity index (χ2n) is 4.60. The molecule has 0 aliphatic rings. The van der Waals surface area contributed by atoms with Gasteiger partial charge >= 0.3 is 0 Å². The lowest BCUT2D eigenvalue weighted by Gasteiger charge is -2.10. The zero-order chi connectivity index (χ0) is 15.1. The SMILES string of the molecule is CCCn1nnc(CN)c1COc1ccc(OCC)cc1. The number of nitrogens with zero attached hydrogens (tertiary/aromatic N) is 3. The van der Waals surface area contributed by atoms with Gasteiger partial charge in [-0.2, -0.15) is 0 Å². The van der Waals surface area contributed by atoms with E-state index < -0.39 is 0 Å². The van der Waals surface area contributed by atoms with Crippen LogP contribution in [0.1, 0.15) is 31.7 Å². The van der Waals surface area contributed by atoms with Crippen molar-refractivity contribution in [2.45, 2.75) is 40.0 Å². The minimum atomic E-state index is 0.367. The highest BCUT2D eigenvalue weighted by atomic mass is 16.5. The minimum absolute atomic E-state index is 0.367. The summed E-state index contributed by atoms with van der Waals surface area (Å²) < 4.78 is 13.1. The van der Waals surface area contributed by atoms with Gasteiger partial charge in [-0.3, -0.25) is 0 Å². The molecular weight excluding hydrogens is 268 g/mol. The van der Waals surface area contributed by atoms with Gasteiger partial charge < -0.3 is 15.2 Å². The summed E-state index contributed by atoms with van der Waals surface area (Å²) in [5.41, 5.74) is 7.42. The molecule has 0 radical (unpaired) electrons. The van der Waals surface area contributed by atoms with Crippen LogP contribution in [0.2, 0.25) is 0 Å². The number of ether oxygens (including phenoxy) is 2. The van der Waals surface area contributed by atoms with Gasteiger partial charge in [0.1, 0.15) is 29.5 Å². The maximum Gasteiger partial charge on any atom is 0.132 e. The summed E-state index contributed by atoms with van der Waals surface area (Å²) in [6, 6.07) is 7.57. The van der Waals surface area contributed by atoms with Crippen molar-refractivity contribution in [2.24, 2.45) is 5.73 Å². The van der Waals surface area contributed by atoms with Crippen molar-refractivity contribution in [3.05, 3.63) is 35.7 Å². The fraction of sp³-hybridized carbons (Fsp3) is 0.467. The van der Waals surface area contributed by atoms with Crippen molar-refractivity contribution >= 4 is 0 Å². The minimum Gasteiger partial charge on any atom is -0.494 e. The van der Waals surface area contributed by atoms with Crippen LogP contribution in [0.5, 0.6) is 11.5 Å². The summed E-state index contributed by atoms with van der Waals surface area (Å²) in [6.45, 7) is 6.30. The molecule has 2 N–H and O–H groups in total. The second-order valence-corrected chi connectivity index (χ2v) is 4.60.